The zero-order valence-corrected chi connectivity index (χ0v) is 14.7. The van der Waals surface area contributed by atoms with Crippen molar-refractivity contribution in [3.63, 3.8) is 0 Å². The molecule has 7 nitrogen and oxygen atoms in total. The summed E-state index contributed by atoms with van der Waals surface area (Å²) in [5.74, 6) is -0.0222. The zero-order chi connectivity index (χ0) is 18.4. The number of hydrogen-bond acceptors (Lipinski definition) is 6. The highest BCUT2D eigenvalue weighted by atomic mass is 16.5. The van der Waals surface area contributed by atoms with Gasteiger partial charge in [0.1, 0.15) is 18.4 Å². The molecule has 1 atom stereocenters. The van der Waals surface area contributed by atoms with Gasteiger partial charge < -0.3 is 19.2 Å². The zero-order valence-electron chi connectivity index (χ0n) is 14.7. The standard InChI is InChI=1S/C18H22N2O5/c1-11(2)14(16-19-15(12(3)25-16)17(21)23-4)20-18(22)24-10-13-8-6-5-7-9-13/h5-9,11,14H,10H2,1-4H3,(H,20,22)/t14-/m0/s1. The summed E-state index contributed by atoms with van der Waals surface area (Å²) in [5, 5.41) is 2.73. The monoisotopic (exact) mass is 346 g/mol. The van der Waals surface area contributed by atoms with E-state index in [1.807, 2.05) is 44.2 Å². The van der Waals surface area contributed by atoms with Crippen molar-refractivity contribution in [1.82, 2.24) is 10.3 Å². The van der Waals surface area contributed by atoms with E-state index in [1.54, 1.807) is 6.92 Å². The number of ether oxygens (including phenoxy) is 2. The Morgan fingerprint density at radius 2 is 1.92 bits per heavy atom. The quantitative estimate of drug-likeness (QED) is 0.806. The van der Waals surface area contributed by atoms with Gasteiger partial charge in [-0.2, -0.15) is 0 Å². The molecule has 0 fully saturated rings. The van der Waals surface area contributed by atoms with Crippen LogP contribution in [0.5, 0.6) is 0 Å². The Bertz CT molecular complexity index is 724. The third-order valence-corrected chi connectivity index (χ3v) is 3.61. The SMILES string of the molecule is COC(=O)c1nc([C@@H](NC(=O)OCc2ccccc2)C(C)C)oc1C. The van der Waals surface area contributed by atoms with Crippen molar-refractivity contribution in [2.45, 2.75) is 33.4 Å². The third kappa shape index (κ3) is 4.82. The summed E-state index contributed by atoms with van der Waals surface area (Å²) in [6, 6.07) is 8.85. The number of benzene rings is 1. The van der Waals surface area contributed by atoms with Gasteiger partial charge in [-0.15, -0.1) is 0 Å². The minimum Gasteiger partial charge on any atom is -0.464 e. The van der Waals surface area contributed by atoms with Crippen LogP contribution < -0.4 is 5.32 Å². The molecule has 0 bridgehead atoms. The first kappa shape index (κ1) is 18.5. The van der Waals surface area contributed by atoms with E-state index in [2.05, 4.69) is 15.0 Å². The molecule has 1 aromatic carbocycles. The summed E-state index contributed by atoms with van der Waals surface area (Å²) in [5.41, 5.74) is 0.987. The first-order valence-electron chi connectivity index (χ1n) is 7.95. The maximum atomic E-state index is 12.1. The molecule has 0 spiro atoms. The molecule has 0 aliphatic rings. The summed E-state index contributed by atoms with van der Waals surface area (Å²) in [4.78, 5) is 27.9. The lowest BCUT2D eigenvalue weighted by atomic mass is 10.1. The number of oxazole rings is 1. The molecule has 134 valence electrons. The largest absolute Gasteiger partial charge is 0.464 e. The second kappa shape index (κ2) is 8.32. The number of methoxy groups -OCH3 is 1. The number of nitrogens with zero attached hydrogens (tertiary/aromatic N) is 1. The molecule has 0 saturated carbocycles. The number of carbonyl (C=O) groups excluding carboxylic acids is 2. The van der Waals surface area contributed by atoms with Crippen molar-refractivity contribution in [2.75, 3.05) is 7.11 Å². The van der Waals surface area contributed by atoms with Crippen molar-refractivity contribution >= 4 is 12.1 Å². The molecule has 25 heavy (non-hydrogen) atoms. The molecule has 1 heterocycles. The third-order valence-electron chi connectivity index (χ3n) is 3.61. The van der Waals surface area contributed by atoms with E-state index in [4.69, 9.17) is 9.15 Å². The van der Waals surface area contributed by atoms with Crippen LogP contribution in [-0.4, -0.2) is 24.2 Å². The maximum Gasteiger partial charge on any atom is 0.408 e. The second-order valence-electron chi connectivity index (χ2n) is 5.88. The van der Waals surface area contributed by atoms with Crippen molar-refractivity contribution in [1.29, 1.82) is 0 Å². The molecule has 0 radical (unpaired) electrons. The van der Waals surface area contributed by atoms with Crippen molar-refractivity contribution in [3.05, 3.63) is 53.2 Å². The fourth-order valence-electron chi connectivity index (χ4n) is 2.24. The van der Waals surface area contributed by atoms with E-state index in [0.29, 0.717) is 5.76 Å². The summed E-state index contributed by atoms with van der Waals surface area (Å²) in [6.45, 7) is 5.59. The predicted molar refractivity (Wildman–Crippen MR) is 89.9 cm³/mol. The van der Waals surface area contributed by atoms with Crippen LogP contribution in [-0.2, 0) is 16.1 Å². The number of carbonyl (C=O) groups is 2. The number of nitrogens with one attached hydrogen (secondary N) is 1. The van der Waals surface area contributed by atoms with Gasteiger partial charge >= 0.3 is 12.1 Å². The predicted octanol–water partition coefficient (Wildman–Crippen LogP) is 3.39. The number of aryl methyl sites for hydroxylation is 1. The number of alkyl carbamates (subject to hydrolysis) is 1. The van der Waals surface area contributed by atoms with Crippen LogP contribution in [0, 0.1) is 12.8 Å². The van der Waals surface area contributed by atoms with Gasteiger partial charge in [0.15, 0.2) is 5.69 Å². The average Bonchev–Trinajstić information content (AvgIpc) is 2.99. The molecule has 0 aliphatic heterocycles. The van der Waals surface area contributed by atoms with E-state index in [-0.39, 0.29) is 24.1 Å². The molecule has 1 aromatic heterocycles. The van der Waals surface area contributed by atoms with Crippen LogP contribution in [0.4, 0.5) is 4.79 Å². The fraction of sp³-hybridized carbons (Fsp3) is 0.389. The van der Waals surface area contributed by atoms with Gasteiger partial charge in [-0.3, -0.25) is 0 Å². The maximum absolute atomic E-state index is 12.1. The highest BCUT2D eigenvalue weighted by Crippen LogP contribution is 2.24. The Labute approximate surface area is 146 Å². The van der Waals surface area contributed by atoms with Crippen LogP contribution in [0.1, 0.15) is 47.6 Å². The Morgan fingerprint density at radius 1 is 1.24 bits per heavy atom. The molecule has 1 N–H and O–H groups in total. The highest BCUT2D eigenvalue weighted by molar-refractivity contribution is 5.88. The van der Waals surface area contributed by atoms with Gasteiger partial charge in [0.2, 0.25) is 5.89 Å². The molecule has 1 amide bonds. The summed E-state index contributed by atoms with van der Waals surface area (Å²) >= 11 is 0. The topological polar surface area (TPSA) is 90.7 Å². The normalized spacial score (nSPS) is 11.9. The molecule has 2 aromatic rings. The van der Waals surface area contributed by atoms with Gasteiger partial charge in [-0.1, -0.05) is 44.2 Å². The number of aromatic nitrogens is 1. The van der Waals surface area contributed by atoms with Gasteiger partial charge in [-0.05, 0) is 18.4 Å². The Balaban J connectivity index is 2.05. The number of amides is 1. The van der Waals surface area contributed by atoms with Crippen LogP contribution in [0.15, 0.2) is 34.7 Å². The first-order chi connectivity index (χ1) is 11.9. The molecular weight excluding hydrogens is 324 g/mol. The lowest BCUT2D eigenvalue weighted by Gasteiger charge is -2.19. The van der Waals surface area contributed by atoms with Gasteiger partial charge in [0.05, 0.1) is 7.11 Å². The molecule has 0 saturated heterocycles. The fourth-order valence-corrected chi connectivity index (χ4v) is 2.24. The average molecular weight is 346 g/mol. The van der Waals surface area contributed by atoms with Crippen LogP contribution in [0.3, 0.4) is 0 Å². The first-order valence-corrected chi connectivity index (χ1v) is 7.95. The lowest BCUT2D eigenvalue weighted by Crippen LogP contribution is -2.32. The summed E-state index contributed by atoms with van der Waals surface area (Å²) in [6.07, 6.45) is -0.585. The van der Waals surface area contributed by atoms with E-state index in [0.717, 1.165) is 5.56 Å². The van der Waals surface area contributed by atoms with Crippen LogP contribution in [0.25, 0.3) is 0 Å². The van der Waals surface area contributed by atoms with E-state index in [9.17, 15) is 9.59 Å². The van der Waals surface area contributed by atoms with Crippen LogP contribution in [0.2, 0.25) is 0 Å². The smallest absolute Gasteiger partial charge is 0.408 e. The molecule has 2 rings (SSSR count). The Hall–Kier alpha value is -2.83. The van der Waals surface area contributed by atoms with E-state index < -0.39 is 18.1 Å². The minimum absolute atomic E-state index is 0.0205. The molecular formula is C18H22N2O5. The van der Waals surface area contributed by atoms with Crippen molar-refractivity contribution in [3.8, 4) is 0 Å². The van der Waals surface area contributed by atoms with E-state index in [1.165, 1.54) is 7.11 Å². The Morgan fingerprint density at radius 3 is 2.52 bits per heavy atom. The van der Waals surface area contributed by atoms with Gasteiger partial charge in [0.25, 0.3) is 0 Å². The number of hydrogen-bond donors (Lipinski definition) is 1. The van der Waals surface area contributed by atoms with Crippen molar-refractivity contribution in [2.24, 2.45) is 5.92 Å². The highest BCUT2D eigenvalue weighted by Gasteiger charge is 2.27. The molecule has 7 heteroatoms. The van der Waals surface area contributed by atoms with Crippen LogP contribution >= 0.6 is 0 Å². The molecule has 0 unspecified atom stereocenters. The Kier molecular flexibility index (Phi) is 6.16. The second-order valence-corrected chi connectivity index (χ2v) is 5.88. The lowest BCUT2D eigenvalue weighted by molar-refractivity contribution is 0.0592. The van der Waals surface area contributed by atoms with E-state index >= 15 is 0 Å². The van der Waals surface area contributed by atoms with Gasteiger partial charge in [0, 0.05) is 0 Å². The number of rotatable bonds is 6. The summed E-state index contributed by atoms with van der Waals surface area (Å²) in [7, 11) is 1.27. The van der Waals surface area contributed by atoms with Gasteiger partial charge in [-0.25, -0.2) is 14.6 Å². The summed E-state index contributed by atoms with van der Waals surface area (Å²) < 4.78 is 15.4. The molecule has 0 aliphatic carbocycles. The minimum atomic E-state index is -0.585. The number of esters is 1. The van der Waals surface area contributed by atoms with Crippen molar-refractivity contribution < 1.29 is 23.5 Å².